The van der Waals surface area contributed by atoms with Crippen molar-refractivity contribution in [1.82, 2.24) is 5.32 Å². The van der Waals surface area contributed by atoms with E-state index in [1.165, 1.54) is 0 Å². The number of hydrogen-bond donors (Lipinski definition) is 2. The van der Waals surface area contributed by atoms with Gasteiger partial charge in [-0.1, -0.05) is 20.8 Å². The van der Waals surface area contributed by atoms with Gasteiger partial charge in [-0.05, 0) is 31.8 Å². The van der Waals surface area contributed by atoms with Crippen molar-refractivity contribution in [2.24, 2.45) is 23.5 Å². The van der Waals surface area contributed by atoms with Gasteiger partial charge in [-0.3, -0.25) is 9.59 Å². The summed E-state index contributed by atoms with van der Waals surface area (Å²) in [6.45, 7) is 7.25. The standard InChI is InChI=1S/C15H28N2O2/c1-10(2)15(19)8-13-7-12(9-17-13)6-11(3)14(18)4-5-16/h10-13,17H,4-9,16H2,1-3H3/t11?,12?,13-/m1/s1. The van der Waals surface area contributed by atoms with Crippen LogP contribution in [0.1, 0.15) is 46.5 Å². The first kappa shape index (κ1) is 16.3. The Balaban J connectivity index is 2.32. The number of nitrogens with one attached hydrogen (secondary N) is 1. The maximum Gasteiger partial charge on any atom is 0.136 e. The maximum absolute atomic E-state index is 11.7. The molecule has 0 spiro atoms. The molecule has 1 aliphatic heterocycles. The minimum absolute atomic E-state index is 0.0925. The minimum atomic E-state index is 0.0925. The minimum Gasteiger partial charge on any atom is -0.330 e. The number of carbonyl (C=O) groups is 2. The third kappa shape index (κ3) is 5.41. The first-order valence-electron chi connectivity index (χ1n) is 7.42. The SMILES string of the molecule is CC(C)C(=O)C[C@H]1CC(CC(C)C(=O)CCN)CN1. The van der Waals surface area contributed by atoms with Crippen LogP contribution >= 0.6 is 0 Å². The maximum atomic E-state index is 11.7. The lowest BCUT2D eigenvalue weighted by Crippen LogP contribution is -2.26. The molecule has 0 amide bonds. The van der Waals surface area contributed by atoms with E-state index in [9.17, 15) is 9.59 Å². The van der Waals surface area contributed by atoms with E-state index >= 15 is 0 Å². The van der Waals surface area contributed by atoms with E-state index < -0.39 is 0 Å². The van der Waals surface area contributed by atoms with Crippen LogP contribution < -0.4 is 11.1 Å². The van der Waals surface area contributed by atoms with Crippen molar-refractivity contribution in [1.29, 1.82) is 0 Å². The molecule has 0 saturated carbocycles. The van der Waals surface area contributed by atoms with E-state index in [4.69, 9.17) is 5.73 Å². The molecule has 1 heterocycles. The van der Waals surface area contributed by atoms with Gasteiger partial charge >= 0.3 is 0 Å². The van der Waals surface area contributed by atoms with E-state index in [1.807, 2.05) is 20.8 Å². The van der Waals surface area contributed by atoms with Crippen molar-refractivity contribution >= 4 is 11.6 Å². The summed E-state index contributed by atoms with van der Waals surface area (Å²) in [7, 11) is 0. The van der Waals surface area contributed by atoms with E-state index in [2.05, 4.69) is 5.32 Å². The van der Waals surface area contributed by atoms with Gasteiger partial charge in [-0.2, -0.15) is 0 Å². The summed E-state index contributed by atoms with van der Waals surface area (Å²) in [6, 6.07) is 0.303. The molecule has 0 aromatic rings. The number of Topliss-reactive ketones (excluding diaryl/α,β-unsaturated/α-hetero) is 2. The van der Waals surface area contributed by atoms with Crippen molar-refractivity contribution in [2.45, 2.75) is 52.5 Å². The lowest BCUT2D eigenvalue weighted by molar-refractivity contribution is -0.123. The average Bonchev–Trinajstić information content (AvgIpc) is 2.76. The molecule has 0 bridgehead atoms. The van der Waals surface area contributed by atoms with Crippen LogP contribution in [0.15, 0.2) is 0 Å². The summed E-state index contributed by atoms with van der Waals surface area (Å²) >= 11 is 0. The molecule has 0 aromatic heterocycles. The number of hydrogen-bond acceptors (Lipinski definition) is 4. The van der Waals surface area contributed by atoms with E-state index in [0.29, 0.717) is 37.1 Å². The number of ketones is 2. The molecule has 0 aromatic carbocycles. The van der Waals surface area contributed by atoms with Gasteiger partial charge in [0.05, 0.1) is 0 Å². The van der Waals surface area contributed by atoms with Crippen molar-refractivity contribution < 1.29 is 9.59 Å². The van der Waals surface area contributed by atoms with E-state index in [-0.39, 0.29) is 17.6 Å². The summed E-state index contributed by atoms with van der Waals surface area (Å²) in [4.78, 5) is 23.4. The summed E-state index contributed by atoms with van der Waals surface area (Å²) in [5, 5.41) is 3.41. The normalized spacial score (nSPS) is 24.7. The molecular weight excluding hydrogens is 240 g/mol. The highest BCUT2D eigenvalue weighted by atomic mass is 16.1. The van der Waals surface area contributed by atoms with Crippen LogP contribution in [0.4, 0.5) is 0 Å². The fraction of sp³-hybridized carbons (Fsp3) is 0.867. The molecular formula is C15H28N2O2. The van der Waals surface area contributed by atoms with Crippen LogP contribution in [0.3, 0.4) is 0 Å². The highest BCUT2D eigenvalue weighted by Crippen LogP contribution is 2.25. The zero-order valence-corrected chi connectivity index (χ0v) is 12.4. The largest absolute Gasteiger partial charge is 0.330 e. The average molecular weight is 268 g/mol. The Morgan fingerprint density at radius 3 is 2.53 bits per heavy atom. The van der Waals surface area contributed by atoms with Gasteiger partial charge in [0, 0.05) is 30.7 Å². The molecule has 1 rings (SSSR count). The van der Waals surface area contributed by atoms with Gasteiger partial charge in [-0.25, -0.2) is 0 Å². The molecule has 4 heteroatoms. The van der Waals surface area contributed by atoms with Gasteiger partial charge in [0.15, 0.2) is 0 Å². The Labute approximate surface area is 116 Å². The van der Waals surface area contributed by atoms with Crippen LogP contribution in [0.5, 0.6) is 0 Å². The van der Waals surface area contributed by atoms with Gasteiger partial charge in [0.1, 0.15) is 11.6 Å². The Morgan fingerprint density at radius 2 is 1.95 bits per heavy atom. The lowest BCUT2D eigenvalue weighted by atomic mass is 9.89. The fourth-order valence-corrected chi connectivity index (χ4v) is 2.74. The molecule has 1 aliphatic rings. The van der Waals surface area contributed by atoms with Crippen LogP contribution in [0.2, 0.25) is 0 Å². The van der Waals surface area contributed by atoms with Gasteiger partial charge in [0.2, 0.25) is 0 Å². The summed E-state index contributed by atoms with van der Waals surface area (Å²) in [5.41, 5.74) is 5.41. The Bertz CT molecular complexity index is 315. The molecule has 4 nitrogen and oxygen atoms in total. The molecule has 1 fully saturated rings. The van der Waals surface area contributed by atoms with Crippen LogP contribution in [0, 0.1) is 17.8 Å². The molecule has 1 saturated heterocycles. The lowest BCUT2D eigenvalue weighted by Gasteiger charge is -2.15. The molecule has 0 radical (unpaired) electrons. The highest BCUT2D eigenvalue weighted by Gasteiger charge is 2.28. The second kappa shape index (κ2) is 7.75. The molecule has 19 heavy (non-hydrogen) atoms. The quantitative estimate of drug-likeness (QED) is 0.700. The number of rotatable bonds is 8. The van der Waals surface area contributed by atoms with Crippen molar-refractivity contribution in [3.05, 3.63) is 0 Å². The van der Waals surface area contributed by atoms with Crippen LogP contribution in [-0.2, 0) is 9.59 Å². The Kier molecular flexibility index (Phi) is 6.66. The predicted molar refractivity (Wildman–Crippen MR) is 76.8 cm³/mol. The van der Waals surface area contributed by atoms with Crippen LogP contribution in [0.25, 0.3) is 0 Å². The summed E-state index contributed by atoms with van der Waals surface area (Å²) < 4.78 is 0. The third-order valence-corrected chi connectivity index (χ3v) is 4.03. The summed E-state index contributed by atoms with van der Waals surface area (Å²) in [6.07, 6.45) is 3.03. The monoisotopic (exact) mass is 268 g/mol. The topological polar surface area (TPSA) is 72.2 Å². The number of nitrogens with two attached hydrogens (primary N) is 1. The third-order valence-electron chi connectivity index (χ3n) is 4.03. The molecule has 3 N–H and O–H groups in total. The zero-order valence-electron chi connectivity index (χ0n) is 12.4. The predicted octanol–water partition coefficient (Wildman–Crippen LogP) is 1.52. The molecule has 3 atom stereocenters. The van der Waals surface area contributed by atoms with Gasteiger partial charge in [0.25, 0.3) is 0 Å². The zero-order chi connectivity index (χ0) is 14.4. The highest BCUT2D eigenvalue weighted by molar-refractivity contribution is 5.81. The second-order valence-corrected chi connectivity index (χ2v) is 6.17. The smallest absolute Gasteiger partial charge is 0.136 e. The first-order valence-corrected chi connectivity index (χ1v) is 7.42. The Hall–Kier alpha value is -0.740. The van der Waals surface area contributed by atoms with Gasteiger partial charge < -0.3 is 11.1 Å². The van der Waals surface area contributed by atoms with E-state index in [1.54, 1.807) is 0 Å². The summed E-state index contributed by atoms with van der Waals surface area (Å²) in [5.74, 6) is 1.32. The second-order valence-electron chi connectivity index (χ2n) is 6.17. The number of carbonyl (C=O) groups excluding carboxylic acids is 2. The Morgan fingerprint density at radius 1 is 1.26 bits per heavy atom. The first-order chi connectivity index (χ1) is 8.93. The molecule has 110 valence electrons. The van der Waals surface area contributed by atoms with Crippen molar-refractivity contribution in [2.75, 3.05) is 13.1 Å². The molecule has 0 aliphatic carbocycles. The fourth-order valence-electron chi connectivity index (χ4n) is 2.74. The van der Waals surface area contributed by atoms with Crippen molar-refractivity contribution in [3.63, 3.8) is 0 Å². The molecule has 2 unspecified atom stereocenters. The van der Waals surface area contributed by atoms with Gasteiger partial charge in [-0.15, -0.1) is 0 Å². The van der Waals surface area contributed by atoms with Crippen LogP contribution in [-0.4, -0.2) is 30.7 Å². The van der Waals surface area contributed by atoms with E-state index in [0.717, 1.165) is 19.4 Å². The van der Waals surface area contributed by atoms with Crippen molar-refractivity contribution in [3.8, 4) is 0 Å².